The first-order valence-corrected chi connectivity index (χ1v) is 27.3. The third kappa shape index (κ3) is 16.3. The molecule has 0 unspecified atom stereocenters. The maximum Gasteiger partial charge on any atom is 0.274 e. The molecule has 25 heteroatoms. The number of nitrogens with one attached hydrogen (secondary N) is 5. The Kier molecular flexibility index (Phi) is 22.9. The Morgan fingerprint density at radius 3 is 1.67 bits per heavy atom. The second kappa shape index (κ2) is 29.0. The van der Waals surface area contributed by atoms with Crippen LogP contribution in [0.1, 0.15) is 96.5 Å². The zero-order chi connectivity index (χ0) is 58.2. The van der Waals surface area contributed by atoms with E-state index in [9.17, 15) is 52.7 Å². The van der Waals surface area contributed by atoms with E-state index in [1.54, 1.807) is 45.9 Å². The summed E-state index contributed by atoms with van der Waals surface area (Å²) >= 11 is 0. The van der Waals surface area contributed by atoms with Crippen molar-refractivity contribution in [3.63, 3.8) is 0 Å². The molecule has 0 saturated carbocycles. The molecule has 4 heterocycles. The van der Waals surface area contributed by atoms with Gasteiger partial charge in [-0.15, -0.1) is 0 Å². The number of carbonyl (C=O) groups is 11. The molecule has 0 bridgehead atoms. The van der Waals surface area contributed by atoms with Gasteiger partial charge in [0.15, 0.2) is 11.4 Å². The molecule has 3 aliphatic heterocycles. The van der Waals surface area contributed by atoms with E-state index in [2.05, 4.69) is 31.6 Å². The van der Waals surface area contributed by atoms with Crippen molar-refractivity contribution in [2.75, 3.05) is 87.2 Å². The molecule has 5 rings (SSSR count). The molecule has 2 aromatic rings. The molecule has 3 aliphatic rings. The van der Waals surface area contributed by atoms with Crippen LogP contribution < -0.4 is 37.1 Å². The summed E-state index contributed by atoms with van der Waals surface area (Å²) in [7, 11) is 5.49. The third-order valence-corrected chi connectivity index (χ3v) is 14.6. The highest BCUT2D eigenvalue weighted by atomic mass is 16.5. The lowest BCUT2D eigenvalue weighted by molar-refractivity contribution is -0.146. The Morgan fingerprint density at radius 2 is 1.16 bits per heavy atom. The number of benzene rings is 1. The normalized spacial score (nSPS) is 24.3. The number of unbranched alkanes of at least 4 members (excludes halogenated alkanes) is 1. The molecule has 1 aromatic carbocycles. The van der Waals surface area contributed by atoms with Crippen LogP contribution in [0.15, 0.2) is 30.3 Å². The zero-order valence-electron chi connectivity index (χ0n) is 47.1. The van der Waals surface area contributed by atoms with E-state index in [0.717, 1.165) is 21.1 Å². The fourth-order valence-corrected chi connectivity index (χ4v) is 9.98. The second-order valence-corrected chi connectivity index (χ2v) is 21.3. The smallest absolute Gasteiger partial charge is 0.274 e. The fourth-order valence-electron chi connectivity index (χ4n) is 9.98. The van der Waals surface area contributed by atoms with Crippen molar-refractivity contribution in [1.29, 1.82) is 0 Å². The molecule has 1 aromatic heterocycles. The molecule has 434 valence electrons. The number of likely N-dealkylation sites (N-methyl/N-ethyl adjacent to an activating group) is 4. The molecule has 11 amide bonds. The van der Waals surface area contributed by atoms with E-state index in [1.807, 2.05) is 19.1 Å². The first kappa shape index (κ1) is 62.4. The highest BCUT2D eigenvalue weighted by Gasteiger charge is 2.40. The number of pyridine rings is 1. The second-order valence-electron chi connectivity index (χ2n) is 21.3. The van der Waals surface area contributed by atoms with Crippen molar-refractivity contribution in [1.82, 2.24) is 61.0 Å². The van der Waals surface area contributed by atoms with Crippen LogP contribution in [-0.2, 0) is 47.9 Å². The van der Waals surface area contributed by atoms with Crippen molar-refractivity contribution in [2.24, 2.45) is 17.6 Å². The first-order valence-electron chi connectivity index (χ1n) is 27.3. The summed E-state index contributed by atoms with van der Waals surface area (Å²) in [4.78, 5) is 165. The molecule has 0 spiro atoms. The van der Waals surface area contributed by atoms with Gasteiger partial charge in [0.2, 0.25) is 59.1 Å². The van der Waals surface area contributed by atoms with Crippen LogP contribution in [0.2, 0.25) is 0 Å². The van der Waals surface area contributed by atoms with E-state index in [0.29, 0.717) is 43.0 Å². The number of rotatable bonds is 8. The van der Waals surface area contributed by atoms with Crippen molar-refractivity contribution < 1.29 is 57.5 Å². The zero-order valence-corrected chi connectivity index (χ0v) is 47.1. The molecule has 7 N–H and O–H groups in total. The molecule has 0 aliphatic carbocycles. The Labute approximate surface area is 461 Å². The molecular formula is C54H81N13O12. The standard InChI is InChI=1S/C54H81N13O12/c1-10-11-24-79-40-25-34-18-12-13-19-36(34)60-45(40)50(74)61-37-27-57-52(76)47(33(4)5)65(9)44(71)31-63(7)41(68)28-58-48(72)38-20-14-16-22-66(38)53(77)35(55)26-56-51(75)46(32(2)3)64(8)43(70)30-62(6)42(69)29-59-49(73)39-21-15-17-23-67(39)54(37)78/h12-13,18-19,25,32-33,35,37-39,46-47H,10-11,14-17,20-24,26-31,55H2,1-9H3,(H,56,75)(H,57,76)(H,58,72)(H,59,73)(H,61,74)/t35-,37-,38+,39+,46+,47+/m1/s1. The van der Waals surface area contributed by atoms with Gasteiger partial charge < -0.3 is 66.5 Å². The third-order valence-electron chi connectivity index (χ3n) is 14.6. The van der Waals surface area contributed by atoms with Gasteiger partial charge in [0.25, 0.3) is 5.91 Å². The van der Waals surface area contributed by atoms with Crippen LogP contribution in [-0.4, -0.2) is 223 Å². The average Bonchev–Trinajstić information content (AvgIpc) is 3.43. The van der Waals surface area contributed by atoms with Crippen molar-refractivity contribution in [3.05, 3.63) is 36.0 Å². The van der Waals surface area contributed by atoms with Crippen LogP contribution in [0.5, 0.6) is 5.75 Å². The molecule has 3 fully saturated rings. The molecule has 3 saturated heterocycles. The minimum Gasteiger partial charge on any atom is -0.491 e. The minimum absolute atomic E-state index is 0.0686. The lowest BCUT2D eigenvalue weighted by atomic mass is 9.99. The number of hydrogen-bond acceptors (Lipinski definition) is 14. The number of aromatic nitrogens is 1. The van der Waals surface area contributed by atoms with Gasteiger partial charge in [-0.1, -0.05) is 59.2 Å². The molecule has 25 nitrogen and oxygen atoms in total. The quantitative estimate of drug-likeness (QED) is 0.172. The number of nitrogens with two attached hydrogens (primary N) is 1. The van der Waals surface area contributed by atoms with Crippen LogP contribution in [0.25, 0.3) is 10.9 Å². The van der Waals surface area contributed by atoms with Crippen LogP contribution in [0.3, 0.4) is 0 Å². The summed E-state index contributed by atoms with van der Waals surface area (Å²) in [6.45, 7) is 6.38. The Balaban J connectivity index is 1.46. The van der Waals surface area contributed by atoms with Crippen LogP contribution >= 0.6 is 0 Å². The number of nitrogens with zero attached hydrogens (tertiary/aromatic N) is 7. The number of amides is 11. The van der Waals surface area contributed by atoms with Crippen LogP contribution in [0, 0.1) is 11.8 Å². The average molecular weight is 1100 g/mol. The Hall–Kier alpha value is -7.44. The van der Waals surface area contributed by atoms with Gasteiger partial charge in [-0.05, 0) is 68.9 Å². The number of fused-ring (bicyclic) bond motifs is 3. The summed E-state index contributed by atoms with van der Waals surface area (Å²) in [6.07, 6.45) is 4.11. The van der Waals surface area contributed by atoms with Gasteiger partial charge in [-0.2, -0.15) is 0 Å². The number of para-hydroxylation sites is 1. The van der Waals surface area contributed by atoms with Gasteiger partial charge >= 0.3 is 0 Å². The maximum atomic E-state index is 14.9. The lowest BCUT2D eigenvalue weighted by Gasteiger charge is -2.37. The topological polar surface area (TPSA) is 316 Å². The van der Waals surface area contributed by atoms with Gasteiger partial charge in [0.1, 0.15) is 36.3 Å². The number of carbonyl (C=O) groups excluding carboxylic acids is 11. The number of piperidine rings is 2. The van der Waals surface area contributed by atoms with Gasteiger partial charge in [0.05, 0.1) is 38.3 Å². The van der Waals surface area contributed by atoms with Crippen LogP contribution in [0.4, 0.5) is 0 Å². The first-order chi connectivity index (χ1) is 37.5. The minimum atomic E-state index is -1.52. The largest absolute Gasteiger partial charge is 0.491 e. The van der Waals surface area contributed by atoms with E-state index in [-0.39, 0.29) is 50.5 Å². The molecule has 79 heavy (non-hydrogen) atoms. The molecule has 6 atom stereocenters. The Morgan fingerprint density at radius 1 is 0.671 bits per heavy atom. The van der Waals surface area contributed by atoms with Crippen molar-refractivity contribution in [2.45, 2.75) is 122 Å². The van der Waals surface area contributed by atoms with E-state index < -0.39 is 146 Å². The fraction of sp³-hybridized carbons (Fsp3) is 0.630. The summed E-state index contributed by atoms with van der Waals surface area (Å²) in [5.41, 5.74) is 6.66. The summed E-state index contributed by atoms with van der Waals surface area (Å²) in [5, 5.41) is 14.0. The van der Waals surface area contributed by atoms with E-state index in [4.69, 9.17) is 10.5 Å². The SMILES string of the molecule is CCCCOc1cc2ccccc2nc1C(=O)N[C@@H]1CNC(=O)[C@H](C(C)C)N(C)C(=O)CN(C)C(=O)CNC(=O)[C@@H]2CCCCN2C(=O)[C@H](N)CNC(=O)[C@H](C(C)C)N(C)C(=O)CN(C)C(=O)CNC(=O)[C@@H]2CCCCN2C1=O. The molecular weight excluding hydrogens is 1020 g/mol. The lowest BCUT2D eigenvalue weighted by Crippen LogP contribution is -2.61. The van der Waals surface area contributed by atoms with Gasteiger partial charge in [-0.25, -0.2) is 4.98 Å². The predicted octanol–water partition coefficient (Wildman–Crippen LogP) is -1.04. The van der Waals surface area contributed by atoms with Crippen molar-refractivity contribution >= 4 is 75.9 Å². The maximum absolute atomic E-state index is 14.9. The summed E-state index contributed by atoms with van der Waals surface area (Å²) in [6, 6.07) is 1.62. The number of ether oxygens (including phenoxy) is 1. The van der Waals surface area contributed by atoms with Crippen molar-refractivity contribution in [3.8, 4) is 5.75 Å². The van der Waals surface area contributed by atoms with Gasteiger partial charge in [-0.3, -0.25) is 52.7 Å². The highest BCUT2D eigenvalue weighted by Crippen LogP contribution is 2.25. The summed E-state index contributed by atoms with van der Waals surface area (Å²) < 4.78 is 6.05. The van der Waals surface area contributed by atoms with Gasteiger partial charge in [0, 0.05) is 59.8 Å². The number of hydrogen-bond donors (Lipinski definition) is 6. The summed E-state index contributed by atoms with van der Waals surface area (Å²) in [5.74, 6) is -8.19. The predicted molar refractivity (Wildman–Crippen MR) is 290 cm³/mol. The van der Waals surface area contributed by atoms with E-state index in [1.165, 1.54) is 42.9 Å². The molecule has 0 radical (unpaired) electrons. The van der Waals surface area contributed by atoms with E-state index >= 15 is 0 Å². The monoisotopic (exact) mass is 1100 g/mol. The Bertz CT molecular complexity index is 2580. The highest BCUT2D eigenvalue weighted by molar-refractivity contribution is 6.02.